The Hall–Kier alpha value is -1.61. The van der Waals surface area contributed by atoms with Crippen LogP contribution in [0.3, 0.4) is 0 Å². The minimum absolute atomic E-state index is 0.862. The van der Waals surface area contributed by atoms with Gasteiger partial charge in [-0.05, 0) is 37.5 Å². The Morgan fingerprint density at radius 1 is 1.11 bits per heavy atom. The van der Waals surface area contributed by atoms with Crippen LogP contribution in [0.2, 0.25) is 0 Å². The molecule has 0 bridgehead atoms. The molecule has 2 aromatic rings. The highest BCUT2D eigenvalue weighted by Gasteiger charge is 2.03. The smallest absolute Gasteiger partial charge is 0.0534 e. The van der Waals surface area contributed by atoms with E-state index in [9.17, 15) is 0 Å². The van der Waals surface area contributed by atoms with Crippen LogP contribution in [0.15, 0.2) is 24.5 Å². The molecule has 0 amide bonds. The van der Waals surface area contributed by atoms with Gasteiger partial charge in [0.25, 0.3) is 0 Å². The van der Waals surface area contributed by atoms with Crippen LogP contribution in [-0.2, 0) is 20.1 Å². The van der Waals surface area contributed by atoms with E-state index in [0.29, 0.717) is 0 Å². The molecule has 2 rings (SSSR count). The summed E-state index contributed by atoms with van der Waals surface area (Å²) in [5.74, 6) is 0. The fraction of sp³-hybridized carbons (Fsp3) is 0.400. The van der Waals surface area contributed by atoms with Crippen molar-refractivity contribution in [2.75, 3.05) is 0 Å². The second-order valence-electron chi connectivity index (χ2n) is 5.00. The zero-order valence-electron chi connectivity index (χ0n) is 11.6. The van der Waals surface area contributed by atoms with Crippen LogP contribution in [-0.4, -0.2) is 9.78 Å². The van der Waals surface area contributed by atoms with Gasteiger partial charge in [-0.25, -0.2) is 0 Å². The lowest BCUT2D eigenvalue weighted by molar-refractivity contribution is 0.686. The first-order valence-corrected chi connectivity index (χ1v) is 6.31. The predicted molar refractivity (Wildman–Crippen MR) is 74.4 cm³/mol. The summed E-state index contributed by atoms with van der Waals surface area (Å²) in [6.07, 6.45) is 3.95. The Morgan fingerprint density at radius 3 is 2.33 bits per heavy atom. The first kappa shape index (κ1) is 12.8. The van der Waals surface area contributed by atoms with E-state index in [4.69, 9.17) is 0 Å². The van der Waals surface area contributed by atoms with Crippen molar-refractivity contribution in [3.63, 3.8) is 0 Å². The van der Waals surface area contributed by atoms with Crippen LogP contribution in [0.1, 0.15) is 27.8 Å². The third-order valence-electron chi connectivity index (χ3n) is 3.23. The van der Waals surface area contributed by atoms with Crippen molar-refractivity contribution in [2.24, 2.45) is 7.05 Å². The topological polar surface area (TPSA) is 29.9 Å². The average molecular weight is 243 g/mol. The highest BCUT2D eigenvalue weighted by atomic mass is 15.2. The fourth-order valence-electron chi connectivity index (χ4n) is 2.38. The number of aryl methyl sites for hydroxylation is 4. The van der Waals surface area contributed by atoms with Gasteiger partial charge in [-0.3, -0.25) is 4.68 Å². The van der Waals surface area contributed by atoms with Crippen molar-refractivity contribution in [1.29, 1.82) is 0 Å². The quantitative estimate of drug-likeness (QED) is 0.894. The summed E-state index contributed by atoms with van der Waals surface area (Å²) < 4.78 is 1.83. The van der Waals surface area contributed by atoms with E-state index in [2.05, 4.69) is 43.3 Å². The van der Waals surface area contributed by atoms with Crippen molar-refractivity contribution in [2.45, 2.75) is 33.9 Å². The molecule has 3 heteroatoms. The van der Waals surface area contributed by atoms with Crippen LogP contribution < -0.4 is 5.32 Å². The van der Waals surface area contributed by atoms with Crippen LogP contribution in [0.4, 0.5) is 0 Å². The van der Waals surface area contributed by atoms with Crippen molar-refractivity contribution >= 4 is 0 Å². The minimum atomic E-state index is 0.862. The molecular weight excluding hydrogens is 222 g/mol. The Balaban J connectivity index is 1.98. The van der Waals surface area contributed by atoms with Crippen molar-refractivity contribution < 1.29 is 0 Å². The van der Waals surface area contributed by atoms with E-state index in [1.165, 1.54) is 27.8 Å². The zero-order chi connectivity index (χ0) is 13.1. The number of hydrogen-bond acceptors (Lipinski definition) is 2. The van der Waals surface area contributed by atoms with Gasteiger partial charge in [0.15, 0.2) is 0 Å². The van der Waals surface area contributed by atoms with Gasteiger partial charge in [0.2, 0.25) is 0 Å². The molecule has 0 saturated heterocycles. The second-order valence-corrected chi connectivity index (χ2v) is 5.00. The zero-order valence-corrected chi connectivity index (χ0v) is 11.6. The molecule has 1 aromatic carbocycles. The number of rotatable bonds is 4. The molecule has 1 N–H and O–H groups in total. The van der Waals surface area contributed by atoms with Crippen LogP contribution in [0.5, 0.6) is 0 Å². The average Bonchev–Trinajstić information content (AvgIpc) is 2.68. The maximum atomic E-state index is 4.17. The summed E-state index contributed by atoms with van der Waals surface area (Å²) >= 11 is 0. The molecule has 0 aliphatic rings. The molecule has 1 aromatic heterocycles. The van der Waals surface area contributed by atoms with E-state index in [1.54, 1.807) is 0 Å². The normalized spacial score (nSPS) is 10.9. The van der Waals surface area contributed by atoms with Gasteiger partial charge in [0, 0.05) is 31.9 Å². The fourth-order valence-corrected chi connectivity index (χ4v) is 2.38. The number of nitrogens with zero attached hydrogens (tertiary/aromatic N) is 2. The molecule has 0 radical (unpaired) electrons. The highest BCUT2D eigenvalue weighted by Crippen LogP contribution is 2.16. The van der Waals surface area contributed by atoms with Gasteiger partial charge in [-0.15, -0.1) is 0 Å². The first-order chi connectivity index (χ1) is 8.56. The number of nitrogens with one attached hydrogen (secondary N) is 1. The molecule has 96 valence electrons. The van der Waals surface area contributed by atoms with Gasteiger partial charge in [-0.2, -0.15) is 5.10 Å². The highest BCUT2D eigenvalue weighted by molar-refractivity contribution is 5.37. The van der Waals surface area contributed by atoms with Gasteiger partial charge in [0.1, 0.15) is 0 Å². The molecule has 3 nitrogen and oxygen atoms in total. The molecule has 0 unspecified atom stereocenters. The van der Waals surface area contributed by atoms with Crippen LogP contribution in [0, 0.1) is 20.8 Å². The lowest BCUT2D eigenvalue weighted by Gasteiger charge is -2.12. The monoisotopic (exact) mass is 243 g/mol. The van der Waals surface area contributed by atoms with E-state index in [0.717, 1.165) is 13.1 Å². The molecule has 0 aliphatic carbocycles. The Kier molecular flexibility index (Phi) is 3.82. The Bertz CT molecular complexity index is 517. The molecule has 0 atom stereocenters. The van der Waals surface area contributed by atoms with E-state index < -0.39 is 0 Å². The van der Waals surface area contributed by atoms with E-state index in [1.807, 2.05) is 24.1 Å². The molecule has 1 heterocycles. The SMILES string of the molecule is Cc1cc(C)c(CNCc2cnn(C)c2)c(C)c1. The van der Waals surface area contributed by atoms with Crippen LogP contribution >= 0.6 is 0 Å². The van der Waals surface area contributed by atoms with Gasteiger partial charge in [-0.1, -0.05) is 17.7 Å². The van der Waals surface area contributed by atoms with Crippen molar-refractivity contribution in [1.82, 2.24) is 15.1 Å². The van der Waals surface area contributed by atoms with Crippen molar-refractivity contribution in [3.05, 3.63) is 52.3 Å². The summed E-state index contributed by atoms with van der Waals surface area (Å²) in [4.78, 5) is 0. The second kappa shape index (κ2) is 5.36. The summed E-state index contributed by atoms with van der Waals surface area (Å²) in [7, 11) is 1.94. The molecule has 0 spiro atoms. The third-order valence-corrected chi connectivity index (χ3v) is 3.23. The third kappa shape index (κ3) is 2.99. The van der Waals surface area contributed by atoms with E-state index >= 15 is 0 Å². The maximum Gasteiger partial charge on any atom is 0.0534 e. The largest absolute Gasteiger partial charge is 0.308 e. The Morgan fingerprint density at radius 2 is 1.78 bits per heavy atom. The lowest BCUT2D eigenvalue weighted by atomic mass is 10.00. The van der Waals surface area contributed by atoms with Gasteiger partial charge >= 0.3 is 0 Å². The minimum Gasteiger partial charge on any atom is -0.308 e. The Labute approximate surface area is 109 Å². The summed E-state index contributed by atoms with van der Waals surface area (Å²) in [5, 5.41) is 7.64. The standard InChI is InChI=1S/C15H21N3/c1-11-5-12(2)15(13(3)6-11)9-16-7-14-8-17-18(4)10-14/h5-6,8,10,16H,7,9H2,1-4H3. The lowest BCUT2D eigenvalue weighted by Crippen LogP contribution is -2.14. The maximum absolute atomic E-state index is 4.17. The number of benzene rings is 1. The molecule has 0 aliphatic heterocycles. The number of aromatic nitrogens is 2. The number of hydrogen-bond donors (Lipinski definition) is 1. The predicted octanol–water partition coefficient (Wildman–Crippen LogP) is 2.64. The van der Waals surface area contributed by atoms with Crippen LogP contribution in [0.25, 0.3) is 0 Å². The molecule has 18 heavy (non-hydrogen) atoms. The van der Waals surface area contributed by atoms with Gasteiger partial charge in [0.05, 0.1) is 6.20 Å². The van der Waals surface area contributed by atoms with Crippen molar-refractivity contribution in [3.8, 4) is 0 Å². The first-order valence-electron chi connectivity index (χ1n) is 6.31. The molecule has 0 fully saturated rings. The summed E-state index contributed by atoms with van der Waals surface area (Å²) in [6.45, 7) is 8.28. The summed E-state index contributed by atoms with van der Waals surface area (Å²) in [6, 6.07) is 4.49. The van der Waals surface area contributed by atoms with Gasteiger partial charge < -0.3 is 5.32 Å². The molecular formula is C15H21N3. The molecule has 0 saturated carbocycles. The summed E-state index contributed by atoms with van der Waals surface area (Å²) in [5.41, 5.74) is 6.70. The van der Waals surface area contributed by atoms with E-state index in [-0.39, 0.29) is 0 Å².